The fraction of sp³-hybridized carbons (Fsp3) is 0.364. The highest BCUT2D eigenvalue weighted by Crippen LogP contribution is 2.28. The number of aromatic nitrogens is 4. The lowest BCUT2D eigenvalue weighted by atomic mass is 10.3. The first-order valence-corrected chi connectivity index (χ1v) is 11.0. The van der Waals surface area contributed by atoms with Gasteiger partial charge >= 0.3 is 0 Å². The Morgan fingerprint density at radius 1 is 0.938 bits per heavy atom. The van der Waals surface area contributed by atoms with E-state index in [1.165, 1.54) is 0 Å². The lowest BCUT2D eigenvalue weighted by molar-refractivity contribution is 0.311. The third kappa shape index (κ3) is 5.54. The van der Waals surface area contributed by atoms with Crippen LogP contribution in [0.4, 0.5) is 29.1 Å². The highest BCUT2D eigenvalue weighted by atomic mass is 35.5. The van der Waals surface area contributed by atoms with Gasteiger partial charge in [0.15, 0.2) is 5.82 Å². The van der Waals surface area contributed by atoms with Gasteiger partial charge < -0.3 is 15.1 Å². The molecule has 0 radical (unpaired) electrons. The van der Waals surface area contributed by atoms with E-state index in [-0.39, 0.29) is 0 Å². The predicted octanol–water partition coefficient (Wildman–Crippen LogP) is 4.70. The Morgan fingerprint density at radius 3 is 2.41 bits per heavy atom. The minimum Gasteiger partial charge on any atom is -0.338 e. The van der Waals surface area contributed by atoms with Gasteiger partial charge in [0.1, 0.15) is 11.5 Å². The zero-order chi connectivity index (χ0) is 22.5. The average molecular weight is 452 g/mol. The van der Waals surface area contributed by atoms with Gasteiger partial charge in [-0.25, -0.2) is 4.98 Å². The minimum absolute atomic E-state index is 0.451. The Morgan fingerprint density at radius 2 is 1.69 bits per heavy atom. The standard InChI is InChI=1S/C22H26ClN9/c1-4-19-25-21(28-22(26-19)32-13-11-31(3)12-14-32)27-20-18(10-5-15(2)24-20)30-29-17-8-6-16(23)7-9-17/h5-10H,4,11-14H2,1-3H3,(H,24,25,26,27,28). The molecule has 1 saturated heterocycles. The van der Waals surface area contributed by atoms with Gasteiger partial charge in [-0.1, -0.05) is 18.5 Å². The molecule has 32 heavy (non-hydrogen) atoms. The Balaban J connectivity index is 1.61. The van der Waals surface area contributed by atoms with Crippen molar-refractivity contribution in [3.05, 3.63) is 52.9 Å². The van der Waals surface area contributed by atoms with Crippen molar-refractivity contribution < 1.29 is 0 Å². The maximum Gasteiger partial charge on any atom is 0.233 e. The molecule has 0 aliphatic carbocycles. The summed E-state index contributed by atoms with van der Waals surface area (Å²) < 4.78 is 0. The van der Waals surface area contributed by atoms with Crippen LogP contribution in [0.5, 0.6) is 0 Å². The summed E-state index contributed by atoms with van der Waals surface area (Å²) in [7, 11) is 2.12. The zero-order valence-electron chi connectivity index (χ0n) is 18.5. The van der Waals surface area contributed by atoms with Crippen LogP contribution in [-0.2, 0) is 6.42 Å². The number of hydrogen-bond acceptors (Lipinski definition) is 9. The highest BCUT2D eigenvalue weighted by Gasteiger charge is 2.19. The van der Waals surface area contributed by atoms with Crippen LogP contribution >= 0.6 is 11.6 Å². The number of aryl methyl sites for hydroxylation is 2. The SMILES string of the molecule is CCc1nc(Nc2nc(C)ccc2N=Nc2ccc(Cl)cc2)nc(N2CCN(C)CC2)n1. The number of piperazine rings is 1. The number of anilines is 3. The van der Waals surface area contributed by atoms with Crippen LogP contribution in [0, 0.1) is 6.92 Å². The monoisotopic (exact) mass is 451 g/mol. The van der Waals surface area contributed by atoms with Gasteiger partial charge in [-0.05, 0) is 50.4 Å². The zero-order valence-corrected chi connectivity index (χ0v) is 19.2. The van der Waals surface area contributed by atoms with E-state index in [1.807, 2.05) is 38.1 Å². The van der Waals surface area contributed by atoms with Gasteiger partial charge in [0, 0.05) is 43.3 Å². The fourth-order valence-corrected chi connectivity index (χ4v) is 3.34. The minimum atomic E-state index is 0.451. The summed E-state index contributed by atoms with van der Waals surface area (Å²) in [5.41, 5.74) is 2.14. The van der Waals surface area contributed by atoms with E-state index in [0.717, 1.165) is 37.7 Å². The summed E-state index contributed by atoms with van der Waals surface area (Å²) in [4.78, 5) is 23.0. The number of likely N-dealkylation sites (N-methyl/N-ethyl adjacent to an activating group) is 1. The van der Waals surface area contributed by atoms with Crippen molar-refractivity contribution >= 4 is 40.7 Å². The quantitative estimate of drug-likeness (QED) is 0.542. The van der Waals surface area contributed by atoms with E-state index in [9.17, 15) is 0 Å². The number of pyridine rings is 1. The van der Waals surface area contributed by atoms with Gasteiger partial charge in [-0.15, -0.1) is 5.11 Å². The highest BCUT2D eigenvalue weighted by molar-refractivity contribution is 6.30. The van der Waals surface area contributed by atoms with E-state index in [4.69, 9.17) is 11.6 Å². The number of nitrogens with zero attached hydrogens (tertiary/aromatic N) is 8. The molecule has 1 aromatic carbocycles. The van der Waals surface area contributed by atoms with E-state index >= 15 is 0 Å². The molecule has 0 atom stereocenters. The van der Waals surface area contributed by atoms with Crippen molar-refractivity contribution in [1.82, 2.24) is 24.8 Å². The normalized spacial score (nSPS) is 14.8. The van der Waals surface area contributed by atoms with Crippen LogP contribution in [0.1, 0.15) is 18.4 Å². The van der Waals surface area contributed by atoms with E-state index < -0.39 is 0 Å². The molecule has 0 unspecified atom stereocenters. The molecule has 1 aliphatic heterocycles. The molecule has 3 heterocycles. The molecule has 166 valence electrons. The van der Waals surface area contributed by atoms with Gasteiger partial charge in [0.05, 0.1) is 5.69 Å². The second-order valence-electron chi connectivity index (χ2n) is 7.64. The summed E-state index contributed by atoms with van der Waals surface area (Å²) in [6.07, 6.45) is 0.711. The van der Waals surface area contributed by atoms with Crippen molar-refractivity contribution in [3.8, 4) is 0 Å². The number of benzene rings is 1. The summed E-state index contributed by atoms with van der Waals surface area (Å²) in [5, 5.41) is 12.6. The summed E-state index contributed by atoms with van der Waals surface area (Å²) in [6, 6.07) is 10.9. The summed E-state index contributed by atoms with van der Waals surface area (Å²) in [6.45, 7) is 7.67. The average Bonchev–Trinajstić information content (AvgIpc) is 2.80. The number of azo groups is 1. The van der Waals surface area contributed by atoms with Gasteiger partial charge in [0.25, 0.3) is 0 Å². The predicted molar refractivity (Wildman–Crippen MR) is 127 cm³/mol. The molecular formula is C22H26ClN9. The second-order valence-corrected chi connectivity index (χ2v) is 8.08. The molecule has 9 nitrogen and oxygen atoms in total. The first-order valence-electron chi connectivity index (χ1n) is 10.6. The van der Waals surface area contributed by atoms with Gasteiger partial charge in [-0.3, -0.25) is 0 Å². The number of rotatable bonds is 6. The molecule has 0 saturated carbocycles. The van der Waals surface area contributed by atoms with Crippen molar-refractivity contribution in [1.29, 1.82) is 0 Å². The molecule has 0 bridgehead atoms. The van der Waals surface area contributed by atoms with Gasteiger partial charge in [-0.2, -0.15) is 20.1 Å². The molecular weight excluding hydrogens is 426 g/mol. The maximum absolute atomic E-state index is 5.95. The van der Waals surface area contributed by atoms with Crippen molar-refractivity contribution in [2.45, 2.75) is 20.3 Å². The molecule has 1 N–H and O–H groups in total. The number of hydrogen-bond donors (Lipinski definition) is 1. The van der Waals surface area contributed by atoms with Gasteiger partial charge in [0.2, 0.25) is 11.9 Å². The third-order valence-electron chi connectivity index (χ3n) is 5.12. The van der Waals surface area contributed by atoms with E-state index in [0.29, 0.717) is 40.5 Å². The molecule has 1 fully saturated rings. The van der Waals surface area contributed by atoms with Crippen LogP contribution in [0.3, 0.4) is 0 Å². The molecule has 0 spiro atoms. The van der Waals surface area contributed by atoms with Crippen molar-refractivity contribution in [2.24, 2.45) is 10.2 Å². The summed E-state index contributed by atoms with van der Waals surface area (Å²) in [5.74, 6) is 2.41. The molecule has 10 heteroatoms. The lowest BCUT2D eigenvalue weighted by Gasteiger charge is -2.32. The molecule has 2 aromatic heterocycles. The summed E-state index contributed by atoms with van der Waals surface area (Å²) >= 11 is 5.95. The smallest absolute Gasteiger partial charge is 0.233 e. The van der Waals surface area contributed by atoms with Crippen LogP contribution in [0.15, 0.2) is 46.6 Å². The Hall–Kier alpha value is -3.17. The van der Waals surface area contributed by atoms with Crippen molar-refractivity contribution in [3.63, 3.8) is 0 Å². The van der Waals surface area contributed by atoms with Crippen LogP contribution in [0.2, 0.25) is 5.02 Å². The fourth-order valence-electron chi connectivity index (χ4n) is 3.22. The third-order valence-corrected chi connectivity index (χ3v) is 5.37. The van der Waals surface area contributed by atoms with E-state index in [1.54, 1.807) is 12.1 Å². The maximum atomic E-state index is 5.95. The lowest BCUT2D eigenvalue weighted by Crippen LogP contribution is -2.45. The Labute approximate surface area is 192 Å². The number of nitrogens with one attached hydrogen (secondary N) is 1. The second kappa shape index (κ2) is 9.97. The number of halogens is 1. The van der Waals surface area contributed by atoms with E-state index in [2.05, 4.69) is 52.3 Å². The molecule has 4 rings (SSSR count). The Kier molecular flexibility index (Phi) is 6.87. The Bertz CT molecular complexity index is 1090. The first-order chi connectivity index (χ1) is 15.5. The topological polar surface area (TPSA) is 94.8 Å². The largest absolute Gasteiger partial charge is 0.338 e. The molecule has 0 amide bonds. The molecule has 1 aliphatic rings. The van der Waals surface area contributed by atoms with Crippen LogP contribution < -0.4 is 10.2 Å². The van der Waals surface area contributed by atoms with Crippen LogP contribution in [-0.4, -0.2) is 58.1 Å². The first kappa shape index (κ1) is 22.0. The van der Waals surface area contributed by atoms with Crippen molar-refractivity contribution in [2.75, 3.05) is 43.4 Å². The van der Waals surface area contributed by atoms with Crippen LogP contribution in [0.25, 0.3) is 0 Å². The molecule has 3 aromatic rings.